The van der Waals surface area contributed by atoms with Crippen LogP contribution in [-0.2, 0) is 9.53 Å². The molecular formula is C24H23N3O2S. The first-order valence-corrected chi connectivity index (χ1v) is 10.7. The van der Waals surface area contributed by atoms with E-state index in [0.29, 0.717) is 6.42 Å². The lowest BCUT2D eigenvalue weighted by molar-refractivity contribution is -0.140. The number of esters is 1. The minimum absolute atomic E-state index is 0.242. The number of hydrogen-bond acceptors (Lipinski definition) is 5. The lowest BCUT2D eigenvalue weighted by atomic mass is 10.1. The molecule has 2 aromatic carbocycles. The van der Waals surface area contributed by atoms with Crippen LogP contribution in [0.1, 0.15) is 18.9 Å². The second-order valence-electron chi connectivity index (χ2n) is 7.03. The van der Waals surface area contributed by atoms with Gasteiger partial charge in [0.05, 0.1) is 12.5 Å². The molecule has 0 bridgehead atoms. The van der Waals surface area contributed by atoms with Gasteiger partial charge in [-0.2, -0.15) is 0 Å². The molecule has 0 N–H and O–H groups in total. The van der Waals surface area contributed by atoms with Crippen molar-refractivity contribution < 1.29 is 9.53 Å². The summed E-state index contributed by atoms with van der Waals surface area (Å²) >= 11 is 1.43. The van der Waals surface area contributed by atoms with E-state index in [4.69, 9.17) is 4.74 Å². The number of aryl methyl sites for hydroxylation is 1. The number of carbonyl (C=O) groups is 1. The summed E-state index contributed by atoms with van der Waals surface area (Å²) in [5.74, 6) is -0.242. The molecule has 0 spiro atoms. The van der Waals surface area contributed by atoms with Crippen LogP contribution in [0.5, 0.6) is 0 Å². The highest BCUT2D eigenvalue weighted by Crippen LogP contribution is 2.38. The number of fused-ring (bicyclic) bond motifs is 1. The summed E-state index contributed by atoms with van der Waals surface area (Å²) in [5.41, 5.74) is 5.15. The average molecular weight is 418 g/mol. The number of benzene rings is 2. The van der Waals surface area contributed by atoms with Crippen LogP contribution >= 0.6 is 11.8 Å². The fourth-order valence-corrected chi connectivity index (χ4v) is 4.55. The smallest absolute Gasteiger partial charge is 0.319 e. The van der Waals surface area contributed by atoms with Gasteiger partial charge in [-0.15, -0.1) is 0 Å². The number of hydrogen-bond donors (Lipinski definition) is 0. The van der Waals surface area contributed by atoms with Crippen molar-refractivity contribution in [3.63, 3.8) is 0 Å². The van der Waals surface area contributed by atoms with Crippen molar-refractivity contribution in [1.29, 1.82) is 0 Å². The van der Waals surface area contributed by atoms with E-state index in [2.05, 4.69) is 58.0 Å². The number of carbonyl (C=O) groups excluding carboxylic acids is 1. The van der Waals surface area contributed by atoms with Gasteiger partial charge in [-0.3, -0.25) is 4.79 Å². The minimum Gasteiger partial charge on any atom is -0.468 e. The highest BCUT2D eigenvalue weighted by molar-refractivity contribution is 8.00. The summed E-state index contributed by atoms with van der Waals surface area (Å²) in [6.45, 7) is 4.05. The van der Waals surface area contributed by atoms with E-state index >= 15 is 0 Å². The number of rotatable bonds is 6. The van der Waals surface area contributed by atoms with Crippen LogP contribution < -0.4 is 0 Å². The Morgan fingerprint density at radius 2 is 1.93 bits per heavy atom. The van der Waals surface area contributed by atoms with Gasteiger partial charge in [0.2, 0.25) is 0 Å². The van der Waals surface area contributed by atoms with E-state index in [1.807, 2.05) is 31.2 Å². The van der Waals surface area contributed by atoms with Crippen molar-refractivity contribution in [2.45, 2.75) is 30.5 Å². The maximum absolute atomic E-state index is 12.2. The maximum Gasteiger partial charge on any atom is 0.319 e. The molecule has 0 aliphatic rings. The van der Waals surface area contributed by atoms with Gasteiger partial charge in [-0.1, -0.05) is 61.2 Å². The Morgan fingerprint density at radius 1 is 1.13 bits per heavy atom. The number of thioether (sulfide) groups is 1. The first kappa shape index (κ1) is 20.2. The van der Waals surface area contributed by atoms with E-state index in [9.17, 15) is 4.79 Å². The quantitative estimate of drug-likeness (QED) is 0.238. The van der Waals surface area contributed by atoms with Gasteiger partial charge in [-0.05, 0) is 36.6 Å². The molecule has 1 atom stereocenters. The van der Waals surface area contributed by atoms with Crippen LogP contribution in [0.15, 0.2) is 72.1 Å². The molecule has 0 saturated carbocycles. The zero-order valence-corrected chi connectivity index (χ0v) is 18.0. The van der Waals surface area contributed by atoms with Gasteiger partial charge in [0.15, 0.2) is 0 Å². The summed E-state index contributed by atoms with van der Waals surface area (Å²) < 4.78 is 7.07. The third-order valence-corrected chi connectivity index (χ3v) is 6.34. The Morgan fingerprint density at radius 3 is 2.63 bits per heavy atom. The molecule has 0 saturated heterocycles. The molecule has 152 valence electrons. The first-order chi connectivity index (χ1) is 14.6. The molecule has 0 fully saturated rings. The normalized spacial score (nSPS) is 12.1. The Bertz CT molecular complexity index is 1190. The molecule has 2 heterocycles. The molecule has 0 aliphatic heterocycles. The van der Waals surface area contributed by atoms with Gasteiger partial charge in [0.1, 0.15) is 22.3 Å². The summed E-state index contributed by atoms with van der Waals surface area (Å²) in [5, 5.41) is 1.40. The van der Waals surface area contributed by atoms with Crippen molar-refractivity contribution in [1.82, 2.24) is 14.5 Å². The molecule has 6 heteroatoms. The van der Waals surface area contributed by atoms with Crippen molar-refractivity contribution in [3.8, 4) is 16.8 Å². The maximum atomic E-state index is 12.2. The fraction of sp³-hybridized carbons (Fsp3) is 0.208. The third kappa shape index (κ3) is 3.83. The Labute approximate surface area is 180 Å². The molecule has 1 unspecified atom stereocenters. The fourth-order valence-electron chi connectivity index (χ4n) is 3.50. The largest absolute Gasteiger partial charge is 0.468 e. The van der Waals surface area contributed by atoms with Crippen LogP contribution in [0.3, 0.4) is 0 Å². The van der Waals surface area contributed by atoms with E-state index in [-0.39, 0.29) is 11.2 Å². The Kier molecular flexibility index (Phi) is 5.86. The number of ether oxygens (including phenoxy) is 1. The van der Waals surface area contributed by atoms with Crippen LogP contribution in [0.25, 0.3) is 27.8 Å². The number of methoxy groups -OCH3 is 1. The van der Waals surface area contributed by atoms with Gasteiger partial charge in [0.25, 0.3) is 0 Å². The molecule has 5 nitrogen and oxygen atoms in total. The van der Waals surface area contributed by atoms with E-state index < -0.39 is 0 Å². The van der Waals surface area contributed by atoms with Gasteiger partial charge in [0, 0.05) is 17.4 Å². The minimum atomic E-state index is -0.320. The lowest BCUT2D eigenvalue weighted by Crippen LogP contribution is -2.17. The Balaban J connectivity index is 1.95. The highest BCUT2D eigenvalue weighted by atomic mass is 32.2. The van der Waals surface area contributed by atoms with Crippen LogP contribution in [-0.4, -0.2) is 32.9 Å². The first-order valence-electron chi connectivity index (χ1n) is 9.85. The monoisotopic (exact) mass is 417 g/mol. The molecule has 0 amide bonds. The second-order valence-corrected chi connectivity index (χ2v) is 8.22. The third-order valence-electron chi connectivity index (χ3n) is 5.00. The molecule has 0 radical (unpaired) electrons. The predicted molar refractivity (Wildman–Crippen MR) is 121 cm³/mol. The van der Waals surface area contributed by atoms with Crippen LogP contribution in [0.2, 0.25) is 0 Å². The zero-order chi connectivity index (χ0) is 21.1. The molecule has 0 aliphatic carbocycles. The lowest BCUT2D eigenvalue weighted by Gasteiger charge is -2.12. The second kappa shape index (κ2) is 8.71. The van der Waals surface area contributed by atoms with Gasteiger partial charge >= 0.3 is 5.97 Å². The molecule has 30 heavy (non-hydrogen) atoms. The van der Waals surface area contributed by atoms with Crippen molar-refractivity contribution in [2.24, 2.45) is 0 Å². The summed E-state index contributed by atoms with van der Waals surface area (Å²) in [4.78, 5) is 21.4. The van der Waals surface area contributed by atoms with E-state index in [0.717, 1.165) is 32.9 Å². The summed E-state index contributed by atoms with van der Waals surface area (Å²) in [6.07, 6.45) is 4.32. The predicted octanol–water partition coefficient (Wildman–Crippen LogP) is 5.44. The van der Waals surface area contributed by atoms with Crippen molar-refractivity contribution >= 4 is 28.8 Å². The van der Waals surface area contributed by atoms with Crippen LogP contribution in [0, 0.1) is 6.92 Å². The number of aromatic nitrogens is 3. The summed E-state index contributed by atoms with van der Waals surface area (Å²) in [6, 6.07) is 18.5. The standard InChI is InChI=1S/C24H23N3O2S/c1-4-20(24(28)29-3)30-23-21-19(17-10-6-5-7-11-17)14-27(22(21)25-15-26-23)18-12-8-9-16(2)13-18/h5-15,20H,4H2,1-3H3. The van der Waals surface area contributed by atoms with E-state index in [1.165, 1.54) is 24.4 Å². The van der Waals surface area contributed by atoms with Crippen molar-refractivity contribution in [2.75, 3.05) is 7.11 Å². The Hall–Kier alpha value is -3.12. The van der Waals surface area contributed by atoms with Gasteiger partial charge in [-0.25, -0.2) is 9.97 Å². The average Bonchev–Trinajstić information content (AvgIpc) is 3.18. The molecule has 2 aromatic heterocycles. The van der Waals surface area contributed by atoms with Crippen LogP contribution in [0.4, 0.5) is 0 Å². The molecular weight excluding hydrogens is 394 g/mol. The topological polar surface area (TPSA) is 57.0 Å². The number of nitrogens with zero attached hydrogens (tertiary/aromatic N) is 3. The molecule has 4 aromatic rings. The van der Waals surface area contributed by atoms with Gasteiger partial charge < -0.3 is 9.30 Å². The highest BCUT2D eigenvalue weighted by Gasteiger charge is 2.23. The molecule has 4 rings (SSSR count). The summed E-state index contributed by atoms with van der Waals surface area (Å²) in [7, 11) is 1.42. The SMILES string of the molecule is CCC(Sc1ncnc2c1c(-c1ccccc1)cn2-c1cccc(C)c1)C(=O)OC. The van der Waals surface area contributed by atoms with Crippen molar-refractivity contribution in [3.05, 3.63) is 72.7 Å². The van der Waals surface area contributed by atoms with E-state index in [1.54, 1.807) is 6.33 Å². The zero-order valence-electron chi connectivity index (χ0n) is 17.2.